The molecule has 5 heteroatoms. The largest absolute Gasteiger partial charge is 0.395 e. The molecule has 0 radical (unpaired) electrons. The summed E-state index contributed by atoms with van der Waals surface area (Å²) in [5.74, 6) is 0.260. The van der Waals surface area contributed by atoms with Crippen molar-refractivity contribution in [3.05, 3.63) is 0 Å². The molecule has 1 heterocycles. The lowest BCUT2D eigenvalue weighted by Crippen LogP contribution is -2.34. The molecule has 0 aromatic carbocycles. The molecule has 0 aromatic rings. The van der Waals surface area contributed by atoms with Gasteiger partial charge in [-0.25, -0.2) is 0 Å². The van der Waals surface area contributed by atoms with E-state index in [4.69, 9.17) is 10.2 Å². The highest BCUT2D eigenvalue weighted by Gasteiger charge is 2.19. The van der Waals surface area contributed by atoms with E-state index in [-0.39, 0.29) is 19.1 Å². The molecule has 94 valence electrons. The van der Waals surface area contributed by atoms with Crippen molar-refractivity contribution in [3.63, 3.8) is 0 Å². The molecule has 1 saturated heterocycles. The minimum absolute atomic E-state index is 0.114. The van der Waals surface area contributed by atoms with Gasteiger partial charge in [0.1, 0.15) is 0 Å². The number of likely N-dealkylation sites (tertiary alicyclic amines) is 1. The Hall–Kier alpha value is -0.650. The van der Waals surface area contributed by atoms with E-state index in [0.717, 1.165) is 32.5 Å². The number of hydrogen-bond donors (Lipinski definition) is 2. The van der Waals surface area contributed by atoms with Crippen LogP contribution in [0.2, 0.25) is 0 Å². The van der Waals surface area contributed by atoms with Crippen molar-refractivity contribution in [2.75, 3.05) is 45.9 Å². The second-order valence-electron chi connectivity index (χ2n) is 4.13. The second-order valence-corrected chi connectivity index (χ2v) is 4.13. The topological polar surface area (TPSA) is 64.0 Å². The van der Waals surface area contributed by atoms with E-state index in [1.807, 2.05) is 9.80 Å². The smallest absolute Gasteiger partial charge is 0.222 e. The van der Waals surface area contributed by atoms with Crippen LogP contribution in [-0.4, -0.2) is 71.9 Å². The van der Waals surface area contributed by atoms with Crippen LogP contribution in [0.1, 0.15) is 19.3 Å². The molecular weight excluding hydrogens is 208 g/mol. The molecule has 1 aliphatic heterocycles. The zero-order valence-electron chi connectivity index (χ0n) is 9.77. The molecule has 1 rings (SSSR count). The third-order valence-electron chi connectivity index (χ3n) is 2.91. The Balaban J connectivity index is 2.14. The van der Waals surface area contributed by atoms with Gasteiger partial charge >= 0.3 is 0 Å². The third kappa shape index (κ3) is 4.47. The van der Waals surface area contributed by atoms with E-state index in [1.165, 1.54) is 0 Å². The Labute approximate surface area is 96.7 Å². The summed E-state index contributed by atoms with van der Waals surface area (Å²) >= 11 is 0. The molecule has 0 atom stereocenters. The number of amides is 1. The van der Waals surface area contributed by atoms with Gasteiger partial charge in [0.25, 0.3) is 0 Å². The molecule has 1 aliphatic rings. The molecule has 5 nitrogen and oxygen atoms in total. The Morgan fingerprint density at radius 3 is 2.38 bits per heavy atom. The third-order valence-corrected chi connectivity index (χ3v) is 2.91. The Bertz CT molecular complexity index is 205. The zero-order valence-corrected chi connectivity index (χ0v) is 9.77. The van der Waals surface area contributed by atoms with Crippen molar-refractivity contribution in [2.45, 2.75) is 19.3 Å². The summed E-state index contributed by atoms with van der Waals surface area (Å²) in [7, 11) is 0. The molecule has 0 bridgehead atoms. The monoisotopic (exact) mass is 230 g/mol. The number of rotatable bonds is 8. The van der Waals surface area contributed by atoms with Crippen LogP contribution >= 0.6 is 0 Å². The standard InChI is InChI=1S/C11H22N2O3/c14-9-7-12(8-10-15)4-2-6-13-5-1-3-11(13)16/h14-15H,1-10H2. The van der Waals surface area contributed by atoms with Gasteiger partial charge in [-0.2, -0.15) is 0 Å². The molecule has 0 spiro atoms. The van der Waals surface area contributed by atoms with Gasteiger partial charge in [-0.3, -0.25) is 9.69 Å². The van der Waals surface area contributed by atoms with Crippen molar-refractivity contribution < 1.29 is 15.0 Å². The lowest BCUT2D eigenvalue weighted by Gasteiger charge is -2.22. The van der Waals surface area contributed by atoms with E-state index in [1.54, 1.807) is 0 Å². The second kappa shape index (κ2) is 7.60. The maximum Gasteiger partial charge on any atom is 0.222 e. The van der Waals surface area contributed by atoms with Crippen molar-refractivity contribution in [1.82, 2.24) is 9.80 Å². The normalized spacial score (nSPS) is 16.4. The van der Waals surface area contributed by atoms with E-state index >= 15 is 0 Å². The quantitative estimate of drug-likeness (QED) is 0.578. The van der Waals surface area contributed by atoms with Crippen LogP contribution in [0.5, 0.6) is 0 Å². The van der Waals surface area contributed by atoms with Gasteiger partial charge < -0.3 is 15.1 Å². The van der Waals surface area contributed by atoms with E-state index < -0.39 is 0 Å². The van der Waals surface area contributed by atoms with Crippen LogP contribution in [0.15, 0.2) is 0 Å². The van der Waals surface area contributed by atoms with Gasteiger partial charge in [0.05, 0.1) is 13.2 Å². The molecule has 0 aromatic heterocycles. The summed E-state index contributed by atoms with van der Waals surface area (Å²) in [6.45, 7) is 3.92. The first-order valence-corrected chi connectivity index (χ1v) is 5.99. The van der Waals surface area contributed by atoms with Crippen LogP contribution in [0.25, 0.3) is 0 Å². The fourth-order valence-corrected chi connectivity index (χ4v) is 2.04. The van der Waals surface area contributed by atoms with Crippen molar-refractivity contribution in [2.24, 2.45) is 0 Å². The average molecular weight is 230 g/mol. The lowest BCUT2D eigenvalue weighted by atomic mass is 10.3. The van der Waals surface area contributed by atoms with Gasteiger partial charge in [-0.05, 0) is 12.8 Å². The van der Waals surface area contributed by atoms with Crippen molar-refractivity contribution in [3.8, 4) is 0 Å². The fourth-order valence-electron chi connectivity index (χ4n) is 2.04. The van der Waals surface area contributed by atoms with Gasteiger partial charge in [0.2, 0.25) is 5.91 Å². The number of hydrogen-bond acceptors (Lipinski definition) is 4. The van der Waals surface area contributed by atoms with E-state index in [9.17, 15) is 4.79 Å². The van der Waals surface area contributed by atoms with Crippen molar-refractivity contribution >= 4 is 5.91 Å². The highest BCUT2D eigenvalue weighted by atomic mass is 16.3. The van der Waals surface area contributed by atoms with Gasteiger partial charge in [0, 0.05) is 39.1 Å². The summed E-state index contributed by atoms with van der Waals surface area (Å²) in [4.78, 5) is 15.2. The maximum atomic E-state index is 11.3. The summed E-state index contributed by atoms with van der Waals surface area (Å²) < 4.78 is 0. The summed E-state index contributed by atoms with van der Waals surface area (Å²) in [6, 6.07) is 0. The highest BCUT2D eigenvalue weighted by Crippen LogP contribution is 2.09. The molecule has 0 saturated carbocycles. The first-order chi connectivity index (χ1) is 7.77. The summed E-state index contributed by atoms with van der Waals surface area (Å²) in [5.41, 5.74) is 0. The van der Waals surface area contributed by atoms with E-state index in [0.29, 0.717) is 19.5 Å². The Morgan fingerprint density at radius 1 is 1.19 bits per heavy atom. The first kappa shape index (κ1) is 13.4. The highest BCUT2D eigenvalue weighted by molar-refractivity contribution is 5.77. The Morgan fingerprint density at radius 2 is 1.88 bits per heavy atom. The van der Waals surface area contributed by atoms with Gasteiger partial charge in [-0.1, -0.05) is 0 Å². The van der Waals surface area contributed by atoms with Crippen molar-refractivity contribution in [1.29, 1.82) is 0 Å². The number of aliphatic hydroxyl groups excluding tert-OH is 2. The van der Waals surface area contributed by atoms with E-state index in [2.05, 4.69) is 0 Å². The minimum atomic E-state index is 0.114. The van der Waals surface area contributed by atoms with Crippen LogP contribution < -0.4 is 0 Å². The molecule has 1 amide bonds. The number of nitrogens with zero attached hydrogens (tertiary/aromatic N) is 2. The lowest BCUT2D eigenvalue weighted by molar-refractivity contribution is -0.127. The fraction of sp³-hybridized carbons (Fsp3) is 0.909. The SMILES string of the molecule is O=C1CCCN1CCCN(CCO)CCO. The predicted molar refractivity (Wildman–Crippen MR) is 61.0 cm³/mol. The Kier molecular flexibility index (Phi) is 6.37. The van der Waals surface area contributed by atoms with Gasteiger partial charge in [0.15, 0.2) is 0 Å². The predicted octanol–water partition coefficient (Wildman–Crippen LogP) is -0.714. The molecule has 2 N–H and O–H groups in total. The summed E-state index contributed by atoms with van der Waals surface area (Å²) in [6.07, 6.45) is 2.58. The van der Waals surface area contributed by atoms with Gasteiger partial charge in [-0.15, -0.1) is 0 Å². The van der Waals surface area contributed by atoms with Crippen LogP contribution in [0, 0.1) is 0 Å². The molecule has 1 fully saturated rings. The number of aliphatic hydroxyl groups is 2. The molecular formula is C11H22N2O3. The van der Waals surface area contributed by atoms with Crippen LogP contribution in [0.3, 0.4) is 0 Å². The molecule has 0 aliphatic carbocycles. The minimum Gasteiger partial charge on any atom is -0.395 e. The maximum absolute atomic E-state index is 11.3. The number of carbonyl (C=O) groups is 1. The first-order valence-electron chi connectivity index (χ1n) is 5.99. The number of carbonyl (C=O) groups excluding carboxylic acids is 1. The zero-order chi connectivity index (χ0) is 11.8. The summed E-state index contributed by atoms with van der Waals surface area (Å²) in [5, 5.41) is 17.7. The molecule has 0 unspecified atom stereocenters. The average Bonchev–Trinajstić information content (AvgIpc) is 2.65. The molecule has 16 heavy (non-hydrogen) atoms. The van der Waals surface area contributed by atoms with Crippen LogP contribution in [0.4, 0.5) is 0 Å². The van der Waals surface area contributed by atoms with Crippen LogP contribution in [-0.2, 0) is 4.79 Å².